The molecule has 0 fully saturated rings. The largest absolute Gasteiger partial charge is 0.331 e. The first-order valence-corrected chi connectivity index (χ1v) is 27.9. The number of benzene rings is 11. The van der Waals surface area contributed by atoms with Crippen molar-refractivity contribution in [1.29, 1.82) is 10.5 Å². The van der Waals surface area contributed by atoms with Crippen LogP contribution in [0.25, 0.3) is 139 Å². The predicted octanol–water partition coefficient (Wildman–Crippen LogP) is 19.6. The first-order valence-electron chi connectivity index (χ1n) is 26.3. The topological polar surface area (TPSA) is 62.4 Å². The Morgan fingerprint density at radius 2 is 0.705 bits per heavy atom. The van der Waals surface area contributed by atoms with E-state index in [4.69, 9.17) is 0 Å². The summed E-state index contributed by atoms with van der Waals surface area (Å²) in [7, 11) is 0. The quantitative estimate of drug-likeness (QED) is 0.167. The van der Waals surface area contributed by atoms with Crippen LogP contribution in [0.2, 0.25) is 0 Å². The predicted molar refractivity (Wildman–Crippen MR) is 329 cm³/mol. The third kappa shape index (κ3) is 6.03. The number of hydrogen-bond donors (Lipinski definition) is 0. The lowest BCUT2D eigenvalue weighted by molar-refractivity contribution is 0.467. The Morgan fingerprint density at radius 3 is 1.14 bits per heavy atom. The van der Waals surface area contributed by atoms with E-state index in [-0.39, 0.29) is 0 Å². The smallest absolute Gasteiger partial charge is 0.0998 e. The van der Waals surface area contributed by atoms with Gasteiger partial charge in [0.05, 0.1) is 71.6 Å². The van der Waals surface area contributed by atoms with Crippen molar-refractivity contribution in [1.82, 2.24) is 13.7 Å². The Hall–Kier alpha value is -9.76. The minimum absolute atomic E-state index is 0.557. The van der Waals surface area contributed by atoms with E-state index in [0.717, 1.165) is 105 Å². The van der Waals surface area contributed by atoms with Gasteiger partial charge in [-0.2, -0.15) is 10.5 Å². The van der Waals surface area contributed by atoms with Crippen LogP contribution in [0.1, 0.15) is 30.5 Å². The third-order valence-corrected chi connectivity index (χ3v) is 18.9. The number of nitrogens with zero attached hydrogens (tertiary/aromatic N) is 5. The zero-order chi connectivity index (χ0) is 52.0. The molecule has 0 saturated carbocycles. The van der Waals surface area contributed by atoms with Gasteiger partial charge in [-0.3, -0.25) is 0 Å². The number of aromatic nitrogens is 3. The third-order valence-electron chi connectivity index (χ3n) is 16.5. The van der Waals surface area contributed by atoms with E-state index in [1.54, 1.807) is 0 Å². The molecule has 16 aromatic rings. The zero-order valence-corrected chi connectivity index (χ0v) is 44.0. The second kappa shape index (κ2) is 16.6. The van der Waals surface area contributed by atoms with Gasteiger partial charge < -0.3 is 13.7 Å². The highest BCUT2D eigenvalue weighted by Gasteiger charge is 2.38. The average Bonchev–Trinajstić information content (AvgIpc) is 4.42. The van der Waals surface area contributed by atoms with E-state index < -0.39 is 5.54 Å². The first-order chi connectivity index (χ1) is 38.4. The second-order valence-corrected chi connectivity index (χ2v) is 23.0. The lowest BCUT2D eigenvalue weighted by Crippen LogP contribution is -2.30. The van der Waals surface area contributed by atoms with E-state index >= 15 is 0 Å². The van der Waals surface area contributed by atoms with Gasteiger partial charge in [0.15, 0.2) is 0 Å². The fraction of sp³-hybridized carbons (Fsp3) is 0.0423. The van der Waals surface area contributed by atoms with Gasteiger partial charge in [0.2, 0.25) is 0 Å². The van der Waals surface area contributed by atoms with Gasteiger partial charge >= 0.3 is 0 Å². The molecule has 0 spiro atoms. The fourth-order valence-electron chi connectivity index (χ4n) is 13.4. The molecular weight excluding hydrogens is 987 g/mol. The highest BCUT2D eigenvalue weighted by Crippen LogP contribution is 2.54. The van der Waals surface area contributed by atoms with Gasteiger partial charge in [0.1, 0.15) is 0 Å². The van der Waals surface area contributed by atoms with Crippen molar-refractivity contribution in [3.63, 3.8) is 0 Å². The summed E-state index contributed by atoms with van der Waals surface area (Å²) in [5.74, 6) is 0. The van der Waals surface area contributed by atoms with Gasteiger partial charge in [-0.25, -0.2) is 0 Å². The molecule has 78 heavy (non-hydrogen) atoms. The maximum atomic E-state index is 11.5. The van der Waals surface area contributed by atoms with Crippen molar-refractivity contribution in [3.8, 4) is 45.8 Å². The number of fused-ring (bicyclic) bond motifs is 17. The van der Waals surface area contributed by atoms with Crippen molar-refractivity contribution in [3.05, 3.63) is 241 Å². The van der Waals surface area contributed by atoms with Crippen LogP contribution in [0.4, 0.5) is 0 Å². The Morgan fingerprint density at radius 1 is 0.359 bits per heavy atom. The molecule has 0 saturated heterocycles. The van der Waals surface area contributed by atoms with E-state index in [9.17, 15) is 10.5 Å². The highest BCUT2D eigenvalue weighted by atomic mass is 32.1. The monoisotopic (exact) mass is 1030 g/mol. The Balaban J connectivity index is 1.23. The molecule has 11 aromatic carbocycles. The second-order valence-electron chi connectivity index (χ2n) is 20.9. The summed E-state index contributed by atoms with van der Waals surface area (Å²) >= 11 is 3.66. The fourth-order valence-corrected chi connectivity index (χ4v) is 15.8. The van der Waals surface area contributed by atoms with Gasteiger partial charge in [-0.05, 0) is 74.0 Å². The normalized spacial score (nSPS) is 12.2. The van der Waals surface area contributed by atoms with Crippen LogP contribution in [-0.4, -0.2) is 13.7 Å². The molecule has 0 aliphatic heterocycles. The maximum absolute atomic E-state index is 11.5. The summed E-state index contributed by atoms with van der Waals surface area (Å²) in [6.45, 7) is 4.69. The van der Waals surface area contributed by atoms with Crippen molar-refractivity contribution >= 4 is 128 Å². The average molecular weight is 1030 g/mol. The molecule has 0 atom stereocenters. The summed E-state index contributed by atoms with van der Waals surface area (Å²) < 4.78 is 12.4. The number of hydrogen-bond acceptors (Lipinski definition) is 4. The Kier molecular flexibility index (Phi) is 9.49. The molecule has 0 unspecified atom stereocenters. The highest BCUT2D eigenvalue weighted by molar-refractivity contribution is 7.27. The molecule has 16 rings (SSSR count). The van der Waals surface area contributed by atoms with Crippen LogP contribution >= 0.6 is 22.7 Å². The summed E-state index contributed by atoms with van der Waals surface area (Å²) in [6, 6.07) is 85.8. The van der Waals surface area contributed by atoms with Gasteiger partial charge in [0, 0.05) is 96.5 Å². The molecule has 364 valence electrons. The van der Waals surface area contributed by atoms with Crippen molar-refractivity contribution in [2.45, 2.75) is 19.4 Å². The minimum Gasteiger partial charge on any atom is -0.331 e. The summed E-state index contributed by atoms with van der Waals surface area (Å²) in [6.07, 6.45) is 0. The Bertz CT molecular complexity index is 5030. The molecule has 5 heterocycles. The van der Waals surface area contributed by atoms with Crippen LogP contribution in [0.15, 0.2) is 224 Å². The van der Waals surface area contributed by atoms with Crippen LogP contribution in [0.5, 0.6) is 0 Å². The molecule has 0 radical (unpaired) electrons. The van der Waals surface area contributed by atoms with Crippen LogP contribution in [0.3, 0.4) is 0 Å². The molecular formula is C71H43N5S2. The van der Waals surface area contributed by atoms with Gasteiger partial charge in [-0.1, -0.05) is 170 Å². The van der Waals surface area contributed by atoms with Crippen molar-refractivity contribution < 1.29 is 0 Å². The molecule has 0 N–H and O–H groups in total. The number of nitriles is 2. The van der Waals surface area contributed by atoms with Crippen molar-refractivity contribution in [2.75, 3.05) is 0 Å². The summed E-state index contributed by atoms with van der Waals surface area (Å²) in [5, 5.41) is 34.7. The Labute approximate surface area is 456 Å². The molecule has 5 nitrogen and oxygen atoms in total. The van der Waals surface area contributed by atoms with E-state index in [0.29, 0.717) is 11.1 Å². The molecule has 0 aliphatic carbocycles. The van der Waals surface area contributed by atoms with Crippen LogP contribution < -0.4 is 0 Å². The summed E-state index contributed by atoms with van der Waals surface area (Å²) in [5.41, 5.74) is 13.0. The summed E-state index contributed by atoms with van der Waals surface area (Å²) in [4.78, 5) is 0. The molecule has 5 aromatic heterocycles. The first kappa shape index (κ1) is 44.5. The van der Waals surface area contributed by atoms with Gasteiger partial charge in [0.25, 0.3) is 0 Å². The molecule has 7 heteroatoms. The number of thiophene rings is 2. The zero-order valence-electron chi connectivity index (χ0n) is 42.4. The van der Waals surface area contributed by atoms with Crippen molar-refractivity contribution in [2.24, 2.45) is 0 Å². The molecule has 0 aliphatic rings. The SMILES string of the molecule is CC(C)(c1c(-c2ccccc2C#N)c(-n2c3ccccc3c3ccc4c5ccccc5sc4c32)cc(-n2c3ccccc3c3ccc4c5ccccc5sc4c32)c1-c1ccccc1C#N)n1c2ccccc2c2ccccc21. The standard InChI is InChI=1S/C71H43N5S2/c1-71(2,76-58-31-15-9-23-46(58)47-24-10-16-32-59(47)76)66-64(44-21-5-3-19-42(44)40-72)60(74-56-29-13-7-25-48(56)52-35-37-54-50-27-11-17-33-62(50)77-69(54)67(52)74)39-61(65(66)45-22-6-4-20-43(45)41-73)75-57-30-14-8-26-49(57)53-36-38-55-51-28-12-18-34-63(51)78-70(55)68(53)75/h3-39H,1-2H3. The van der Waals surface area contributed by atoms with Crippen LogP contribution in [-0.2, 0) is 5.54 Å². The van der Waals surface area contributed by atoms with E-state index in [2.05, 4.69) is 240 Å². The number of rotatable bonds is 6. The van der Waals surface area contributed by atoms with E-state index in [1.807, 2.05) is 46.9 Å². The molecule has 0 bridgehead atoms. The number of para-hydroxylation sites is 4. The maximum Gasteiger partial charge on any atom is 0.0998 e. The molecule has 0 amide bonds. The van der Waals surface area contributed by atoms with E-state index in [1.165, 1.54) is 40.3 Å². The lowest BCUT2D eigenvalue weighted by Gasteiger charge is -2.37. The van der Waals surface area contributed by atoms with Crippen LogP contribution in [0, 0.1) is 22.7 Å². The minimum atomic E-state index is -0.916. The van der Waals surface area contributed by atoms with Gasteiger partial charge in [-0.15, -0.1) is 22.7 Å². The lowest BCUT2D eigenvalue weighted by atomic mass is 9.77.